The molecule has 0 aromatic rings. The number of carbonyl (C=O) groups is 4. The lowest BCUT2D eigenvalue weighted by molar-refractivity contribution is -0.162. The molecule has 0 aromatic heterocycles. The van der Waals surface area contributed by atoms with Crippen molar-refractivity contribution < 1.29 is 42.3 Å². The molecule has 0 fully saturated rings. The molecule has 0 saturated carbocycles. The van der Waals surface area contributed by atoms with Gasteiger partial charge in [0.2, 0.25) is 12.2 Å². The van der Waals surface area contributed by atoms with Crippen LogP contribution >= 0.6 is 8.25 Å². The average Bonchev–Trinajstić information content (AvgIpc) is 2.26. The van der Waals surface area contributed by atoms with Gasteiger partial charge in [0.1, 0.15) is 0 Å². The monoisotopic (exact) mass is 309 g/mol. The molecule has 0 unspecified atom stereocenters. The number of ether oxygens (including phenoxy) is 2. The molecule has 0 aliphatic heterocycles. The largest absolute Gasteiger partial charge is 0.811 e. The summed E-state index contributed by atoms with van der Waals surface area (Å²) in [5.74, 6) is -3.75. The van der Waals surface area contributed by atoms with E-state index in [1.165, 1.54) is 13.8 Å². The zero-order chi connectivity index (χ0) is 15.9. The van der Waals surface area contributed by atoms with Crippen LogP contribution in [0.2, 0.25) is 0 Å². The number of hydrogen-bond acceptors (Lipinski definition) is 9. The van der Waals surface area contributed by atoms with Gasteiger partial charge in [-0.3, -0.25) is 9.59 Å². The zero-order valence-electron chi connectivity index (χ0n) is 11.3. The molecule has 0 spiro atoms. The highest BCUT2D eigenvalue weighted by atomic mass is 31.1. The minimum absolute atomic E-state index is 0.731. The summed E-state index contributed by atoms with van der Waals surface area (Å²) in [4.78, 5) is 43.7. The van der Waals surface area contributed by atoms with Gasteiger partial charge in [-0.15, -0.1) is 0 Å². The summed E-state index contributed by atoms with van der Waals surface area (Å²) in [6.07, 6.45) is -2.59. The second kappa shape index (κ2) is 8.21. The molecule has 0 radical (unpaired) electrons. The Morgan fingerprint density at radius 2 is 1.10 bits per heavy atom. The summed E-state index contributed by atoms with van der Waals surface area (Å²) >= 11 is 0. The van der Waals surface area contributed by atoms with Crippen LogP contribution < -0.4 is 0 Å². The van der Waals surface area contributed by atoms with Gasteiger partial charge in [0.25, 0.3) is 0 Å². The molecule has 0 bridgehead atoms. The van der Waals surface area contributed by atoms with Crippen molar-refractivity contribution in [2.45, 2.75) is 39.9 Å². The van der Waals surface area contributed by atoms with E-state index >= 15 is 0 Å². The Morgan fingerprint density at radius 3 is 1.35 bits per heavy atom. The van der Waals surface area contributed by atoms with Crippen LogP contribution in [0.25, 0.3) is 0 Å². The minimum Gasteiger partial charge on any atom is -0.451 e. The summed E-state index contributed by atoms with van der Waals surface area (Å²) in [6, 6.07) is 0. The molecule has 0 aliphatic rings. The maximum absolute atomic E-state index is 11.3. The van der Waals surface area contributed by atoms with Crippen LogP contribution in [0.15, 0.2) is 0 Å². The molecule has 9 nitrogen and oxygen atoms in total. The number of hydrogen-bond donors (Lipinski definition) is 0. The van der Waals surface area contributed by atoms with Gasteiger partial charge < -0.3 is 9.47 Å². The lowest BCUT2D eigenvalue weighted by Crippen LogP contribution is -2.25. The molecule has 20 heavy (non-hydrogen) atoms. The fraction of sp³-hybridized carbons (Fsp3) is 0.600. The Bertz CT molecular complexity index is 392. The molecule has 0 saturated heterocycles. The van der Waals surface area contributed by atoms with E-state index in [0.717, 1.165) is 13.8 Å². The smallest absolute Gasteiger partial charge is 0.451 e. The van der Waals surface area contributed by atoms with Crippen molar-refractivity contribution in [1.29, 1.82) is 0 Å². The highest BCUT2D eigenvalue weighted by Gasteiger charge is 2.37. The lowest BCUT2D eigenvalue weighted by atomic mass is 10.4. The molecule has 0 N–H and O–H groups in total. The molecule has 0 heterocycles. The third-order valence-electron chi connectivity index (χ3n) is 1.68. The van der Waals surface area contributed by atoms with Crippen molar-refractivity contribution in [3.8, 4) is 0 Å². The van der Waals surface area contributed by atoms with Crippen molar-refractivity contribution in [3.63, 3.8) is 0 Å². The molecule has 0 aromatic carbocycles. The Morgan fingerprint density at radius 1 is 0.800 bits per heavy atom. The van der Waals surface area contributed by atoms with Gasteiger partial charge in [-0.2, -0.15) is 9.05 Å². The zero-order valence-corrected chi connectivity index (χ0v) is 12.2. The summed E-state index contributed by atoms with van der Waals surface area (Å²) in [7, 11) is -3.11. The third kappa shape index (κ3) is 7.42. The average molecular weight is 309 g/mol. The second-order valence-electron chi connectivity index (χ2n) is 3.55. The second-order valence-corrected chi connectivity index (χ2v) is 4.36. The molecule has 0 aliphatic carbocycles. The van der Waals surface area contributed by atoms with Crippen LogP contribution in [0.3, 0.4) is 0 Å². The predicted octanol–water partition coefficient (Wildman–Crippen LogP) is 0.633. The van der Waals surface area contributed by atoms with E-state index in [2.05, 4.69) is 18.5 Å². The van der Waals surface area contributed by atoms with E-state index in [9.17, 15) is 23.7 Å². The van der Waals surface area contributed by atoms with E-state index in [1.807, 2.05) is 0 Å². The normalized spacial score (nSPS) is 12.6. The summed E-state index contributed by atoms with van der Waals surface area (Å²) in [6.45, 7) is 4.53. The van der Waals surface area contributed by atoms with E-state index < -0.39 is 44.3 Å². The first-order valence-corrected chi connectivity index (χ1v) is 6.48. The van der Waals surface area contributed by atoms with Gasteiger partial charge in [-0.25, -0.2) is 9.59 Å². The van der Waals surface area contributed by atoms with Crippen LogP contribution in [-0.2, 0) is 42.3 Å². The van der Waals surface area contributed by atoms with Crippen molar-refractivity contribution in [1.82, 2.24) is 0 Å². The van der Waals surface area contributed by atoms with Crippen LogP contribution in [-0.4, -0.2) is 36.1 Å². The molecule has 2 atom stereocenters. The van der Waals surface area contributed by atoms with E-state index in [0.29, 0.717) is 0 Å². The van der Waals surface area contributed by atoms with Crippen LogP contribution in [0.4, 0.5) is 0 Å². The summed E-state index contributed by atoms with van der Waals surface area (Å²) in [5, 5.41) is 0. The maximum Gasteiger partial charge on any atom is 0.811 e. The molecule has 10 heteroatoms. The summed E-state index contributed by atoms with van der Waals surface area (Å²) < 4.78 is 28.7. The van der Waals surface area contributed by atoms with Gasteiger partial charge in [-0.05, 0) is 13.8 Å². The maximum atomic E-state index is 11.3. The van der Waals surface area contributed by atoms with Crippen molar-refractivity contribution in [2.24, 2.45) is 0 Å². The molecule has 0 rings (SSSR count). The first-order valence-electron chi connectivity index (χ1n) is 5.38. The Kier molecular flexibility index (Phi) is 7.38. The summed E-state index contributed by atoms with van der Waals surface area (Å²) in [5.41, 5.74) is 0. The van der Waals surface area contributed by atoms with Gasteiger partial charge >= 0.3 is 32.1 Å². The highest BCUT2D eigenvalue weighted by molar-refractivity contribution is 7.34. The Hall–Kier alpha value is -2.02. The number of rotatable bonds is 6. The van der Waals surface area contributed by atoms with E-state index in [4.69, 9.17) is 0 Å². The van der Waals surface area contributed by atoms with E-state index in [-0.39, 0.29) is 0 Å². The predicted molar refractivity (Wildman–Crippen MR) is 62.2 cm³/mol. The fourth-order valence-corrected chi connectivity index (χ4v) is 1.54. The Balaban J connectivity index is 4.28. The van der Waals surface area contributed by atoms with Crippen LogP contribution in [0, 0.1) is 0 Å². The fourth-order valence-electron chi connectivity index (χ4n) is 0.908. The molecular weight excluding hydrogens is 295 g/mol. The van der Waals surface area contributed by atoms with Gasteiger partial charge in [0.15, 0.2) is 0 Å². The topological polar surface area (TPSA) is 122 Å². The number of esters is 2. The standard InChI is InChI=1S/C10H14O9P/c1-5(16-7(3)11)9(13)18-20(15)19-10(14)6(2)17-8(4)12/h5-6H,1-4H3/q+1/t5-,6-/m0/s1. The van der Waals surface area contributed by atoms with Crippen LogP contribution in [0.5, 0.6) is 0 Å². The lowest BCUT2D eigenvalue weighted by Gasteiger charge is -2.06. The van der Waals surface area contributed by atoms with Gasteiger partial charge in [-0.1, -0.05) is 0 Å². The van der Waals surface area contributed by atoms with Crippen molar-refractivity contribution in [3.05, 3.63) is 0 Å². The SMILES string of the molecule is CC(=O)O[C@@H](C)C(=O)O[P+](=O)OC(=O)[C@H](C)OC(C)=O. The molecule has 0 amide bonds. The molecular formula is C10H14O9P+. The Labute approximate surface area is 115 Å². The minimum atomic E-state index is -3.11. The molecule has 112 valence electrons. The van der Waals surface area contributed by atoms with Gasteiger partial charge in [0.05, 0.1) is 0 Å². The first-order chi connectivity index (χ1) is 9.13. The van der Waals surface area contributed by atoms with E-state index in [1.54, 1.807) is 0 Å². The first kappa shape index (κ1) is 18.0. The number of carbonyl (C=O) groups excluding carboxylic acids is 4. The quantitative estimate of drug-likeness (QED) is 0.513. The third-order valence-corrected chi connectivity index (χ3v) is 2.34. The van der Waals surface area contributed by atoms with Crippen molar-refractivity contribution in [2.75, 3.05) is 0 Å². The highest BCUT2D eigenvalue weighted by Crippen LogP contribution is 2.26. The van der Waals surface area contributed by atoms with Crippen LogP contribution in [0.1, 0.15) is 27.7 Å². The van der Waals surface area contributed by atoms with Gasteiger partial charge in [0, 0.05) is 18.4 Å². The van der Waals surface area contributed by atoms with Crippen molar-refractivity contribution >= 4 is 32.1 Å².